The number of thioether (sulfide) groups is 1. The Kier molecular flexibility index (Phi) is 31.3. The van der Waals surface area contributed by atoms with Crippen LogP contribution in [-0.4, -0.2) is 209 Å². The molecule has 16 N–H and O–H groups in total. The third kappa shape index (κ3) is 24.3. The molecule has 2 heterocycles. The van der Waals surface area contributed by atoms with E-state index in [4.69, 9.17) is 16.9 Å². The normalized spacial score (nSPS) is 14.3. The first-order valence-electron chi connectivity index (χ1n) is 33.6. The van der Waals surface area contributed by atoms with Gasteiger partial charge in [-0.15, -0.1) is 11.3 Å². The molecule has 99 heavy (non-hydrogen) atoms. The van der Waals surface area contributed by atoms with E-state index in [1.807, 2.05) is 74.0 Å². The fraction of sp³-hybridized carbons (Fsp3) is 0.507. The zero-order valence-electron chi connectivity index (χ0n) is 57.5. The highest BCUT2D eigenvalue weighted by Crippen LogP contribution is 2.28. The molecule has 2 aromatic heterocycles. The molecule has 28 nitrogen and oxygen atoms in total. The number of aromatic hydroxyl groups is 1. The first-order valence-corrected chi connectivity index (χ1v) is 35.6. The Hall–Kier alpha value is -9.29. The van der Waals surface area contributed by atoms with Gasteiger partial charge in [0.25, 0.3) is 0 Å². The van der Waals surface area contributed by atoms with Crippen LogP contribution in [0.4, 0.5) is 0 Å². The second kappa shape index (κ2) is 39.3. The summed E-state index contributed by atoms with van der Waals surface area (Å²) in [6.45, 7) is 5.06. The molecule has 1 aliphatic rings. The standard InChI is InChI=1S/C69H98N16O12S2/c1-8-10-21-55(84(6)68(97)56(22-11-9-2)85(7)67(96)54(35-44-39-99-57-23-15-13-18-48(44)57)79-59(88)38-77-63(92)51(73-4)34-43-37-76-49-19-14-12-17-47(43)49)65(94)81-50(20-16-30-75-69(71)72)62(91)74-31-32-98-40-60(89)80-53(33-42-24-28-46(86)29-25-42)66(95)83(5)41(3)61(90)82-52(36-58(70)87)64(93)78-45-26-27-45/h12-15,17-19,23-25,28-29,37,39,41,45,50-56,73,76,86H,8-11,16,20-22,26-27,30-36,38,40H2,1-7H3,(H2,70,87)(H,74,91)(H,77,92)(H,78,93)(H,79,88)(H,80,89)(H,81,94)(H,82,90)(H4,71,72,75)/t41-,50-,51-,52-,53-,54-,55-,56-/m0/s1. The predicted octanol–water partition coefficient (Wildman–Crippen LogP) is 1.91. The lowest BCUT2D eigenvalue weighted by Gasteiger charge is -2.36. The molecule has 0 spiro atoms. The van der Waals surface area contributed by atoms with Crippen LogP contribution >= 0.6 is 23.1 Å². The minimum atomic E-state index is -1.28. The number of carbonyl (C=O) groups is 11. The maximum absolute atomic E-state index is 15.1. The van der Waals surface area contributed by atoms with Crippen LogP contribution in [0.25, 0.3) is 21.0 Å². The highest BCUT2D eigenvalue weighted by Gasteiger charge is 2.39. The van der Waals surface area contributed by atoms with E-state index >= 15 is 9.59 Å². The summed E-state index contributed by atoms with van der Waals surface area (Å²) in [6, 6.07) is 12.4. The molecule has 0 saturated heterocycles. The lowest BCUT2D eigenvalue weighted by atomic mass is 10.00. The number of nitrogens with two attached hydrogens (primary N) is 2. The molecule has 1 saturated carbocycles. The lowest BCUT2D eigenvalue weighted by molar-refractivity contribution is -0.149. The van der Waals surface area contributed by atoms with Gasteiger partial charge in [0.05, 0.1) is 24.8 Å². The molecule has 1 aliphatic carbocycles. The Morgan fingerprint density at radius 2 is 1.23 bits per heavy atom. The molecule has 6 rings (SSSR count). The third-order valence-electron chi connectivity index (χ3n) is 17.4. The fourth-order valence-electron chi connectivity index (χ4n) is 11.3. The lowest BCUT2D eigenvalue weighted by Crippen LogP contribution is -2.59. The van der Waals surface area contributed by atoms with Crippen LogP contribution < -0.4 is 59.3 Å². The van der Waals surface area contributed by atoms with Crippen molar-refractivity contribution in [1.82, 2.24) is 67.5 Å². The Labute approximate surface area is 585 Å². The Balaban J connectivity index is 1.11. The fourth-order valence-corrected chi connectivity index (χ4v) is 12.9. The largest absolute Gasteiger partial charge is 0.508 e. The minimum absolute atomic E-state index is 0.0225. The van der Waals surface area contributed by atoms with Crippen molar-refractivity contribution in [2.75, 3.05) is 59.3 Å². The van der Waals surface area contributed by atoms with Gasteiger partial charge in [-0.05, 0) is 111 Å². The van der Waals surface area contributed by atoms with Crippen LogP contribution in [0.3, 0.4) is 0 Å². The topological polar surface area (TPSA) is 418 Å². The van der Waals surface area contributed by atoms with Crippen molar-refractivity contribution in [2.24, 2.45) is 11.5 Å². The summed E-state index contributed by atoms with van der Waals surface area (Å²) in [5.41, 5.74) is 14.1. The van der Waals surface area contributed by atoms with Crippen molar-refractivity contribution in [3.63, 3.8) is 0 Å². The quantitative estimate of drug-likeness (QED) is 0.0151. The number of primary amides is 1. The number of carbonyl (C=O) groups excluding carboxylic acids is 11. The van der Waals surface area contributed by atoms with E-state index in [9.17, 15) is 48.3 Å². The number of para-hydroxylation sites is 1. The van der Waals surface area contributed by atoms with E-state index in [1.165, 1.54) is 61.3 Å². The van der Waals surface area contributed by atoms with Crippen molar-refractivity contribution in [3.8, 4) is 5.75 Å². The number of benzene rings is 3. The monoisotopic (exact) mass is 1410 g/mol. The molecule has 3 aromatic carbocycles. The number of aromatic nitrogens is 1. The van der Waals surface area contributed by atoms with Gasteiger partial charge >= 0.3 is 0 Å². The van der Waals surface area contributed by atoms with Crippen LogP contribution in [0.5, 0.6) is 5.75 Å². The third-order valence-corrected chi connectivity index (χ3v) is 19.3. The molecule has 0 aliphatic heterocycles. The van der Waals surface area contributed by atoms with Gasteiger partial charge < -0.3 is 84.1 Å². The van der Waals surface area contributed by atoms with Crippen LogP contribution in [0.15, 0.2) is 84.4 Å². The van der Waals surface area contributed by atoms with E-state index in [2.05, 4.69) is 52.8 Å². The van der Waals surface area contributed by atoms with Crippen LogP contribution in [-0.2, 0) is 72.0 Å². The zero-order valence-corrected chi connectivity index (χ0v) is 59.1. The SMILES string of the molecule is CCCC[C@@H](C(=O)N(C)[C@@H](CCCC)C(=O)N[C@@H](CCCNC(=N)N)C(=O)NCCSCC(=O)N[C@@H](Cc1ccc(O)cc1)C(=O)N(C)[C@@H](C)C(=O)N[C@@H](CC(N)=O)C(=O)NC1CC1)N(C)C(=O)[C@H](Cc1csc2ccccc12)NC(=O)CNC(=O)[C@H](Cc1c[nH]c2ccccc12)NC. The highest BCUT2D eigenvalue weighted by molar-refractivity contribution is 7.99. The molecule has 0 bridgehead atoms. The molecule has 1 fully saturated rings. The van der Waals surface area contributed by atoms with Crippen molar-refractivity contribution >= 4 is 115 Å². The number of likely N-dealkylation sites (N-methyl/N-ethyl adjacent to an activating group) is 4. The Morgan fingerprint density at radius 1 is 0.626 bits per heavy atom. The number of rotatable bonds is 42. The van der Waals surface area contributed by atoms with E-state index in [1.54, 1.807) is 19.2 Å². The van der Waals surface area contributed by atoms with Gasteiger partial charge in [0, 0.05) is 80.7 Å². The Bertz CT molecular complexity index is 3600. The van der Waals surface area contributed by atoms with Crippen molar-refractivity contribution in [3.05, 3.63) is 101 Å². The molecule has 5 aromatic rings. The van der Waals surface area contributed by atoms with Gasteiger partial charge in [-0.25, -0.2) is 0 Å². The molecule has 0 unspecified atom stereocenters. The molecule has 0 radical (unpaired) electrons. The summed E-state index contributed by atoms with van der Waals surface area (Å²) in [4.78, 5) is 160. The highest BCUT2D eigenvalue weighted by atomic mass is 32.2. The molecule has 30 heteroatoms. The second-order valence-electron chi connectivity index (χ2n) is 24.9. The van der Waals surface area contributed by atoms with Crippen LogP contribution in [0.1, 0.15) is 108 Å². The van der Waals surface area contributed by atoms with E-state index in [-0.39, 0.29) is 80.9 Å². The van der Waals surface area contributed by atoms with Crippen LogP contribution in [0.2, 0.25) is 0 Å². The molecule has 538 valence electrons. The average molecular weight is 1410 g/mol. The smallest absolute Gasteiger partial charge is 0.245 e. The van der Waals surface area contributed by atoms with Gasteiger partial charge in [-0.3, -0.25) is 58.1 Å². The summed E-state index contributed by atoms with van der Waals surface area (Å²) in [7, 11) is 6.01. The van der Waals surface area contributed by atoms with Gasteiger partial charge in [0.1, 0.15) is 48.0 Å². The maximum atomic E-state index is 15.1. The number of nitrogens with zero attached hydrogens (tertiary/aromatic N) is 3. The molecule has 8 atom stereocenters. The number of hydrogen-bond donors (Lipinski definition) is 14. The number of phenols is 1. The first-order chi connectivity index (χ1) is 47.3. The van der Waals surface area contributed by atoms with Gasteiger partial charge in [0.2, 0.25) is 65.0 Å². The van der Waals surface area contributed by atoms with Gasteiger partial charge in [-0.2, -0.15) is 11.8 Å². The van der Waals surface area contributed by atoms with Crippen LogP contribution in [0, 0.1) is 5.41 Å². The number of fused-ring (bicyclic) bond motifs is 2. The number of hydrogen-bond acceptors (Lipinski definition) is 16. The number of thiophene rings is 1. The average Bonchev–Trinajstić information content (AvgIpc) is 1.79. The minimum Gasteiger partial charge on any atom is -0.508 e. The van der Waals surface area contributed by atoms with Crippen molar-refractivity contribution < 1.29 is 57.8 Å². The molecule has 11 amide bonds. The zero-order chi connectivity index (χ0) is 72.3. The summed E-state index contributed by atoms with van der Waals surface area (Å²) >= 11 is 2.62. The number of H-pyrrole nitrogens is 1. The van der Waals surface area contributed by atoms with Gasteiger partial charge in [0.15, 0.2) is 5.96 Å². The van der Waals surface area contributed by atoms with Crippen molar-refractivity contribution in [1.29, 1.82) is 5.41 Å². The molecular weight excluding hydrogens is 1310 g/mol. The van der Waals surface area contributed by atoms with E-state index in [0.717, 1.165) is 61.6 Å². The number of phenolic OH excluding ortho intramolecular Hbond substituents is 1. The van der Waals surface area contributed by atoms with Crippen molar-refractivity contribution in [2.45, 2.75) is 165 Å². The van der Waals surface area contributed by atoms with E-state index in [0.29, 0.717) is 37.7 Å². The number of unbranched alkanes of at least 4 members (excludes halogenated alkanes) is 2. The second-order valence-corrected chi connectivity index (χ2v) is 27.0. The van der Waals surface area contributed by atoms with Gasteiger partial charge in [-0.1, -0.05) is 88.1 Å². The number of nitrogens with one attached hydrogen (secondary N) is 11. The summed E-state index contributed by atoms with van der Waals surface area (Å²) in [5, 5.41) is 46.5. The summed E-state index contributed by atoms with van der Waals surface area (Å²) in [5.74, 6) is -7.06. The number of guanidine groups is 1. The van der Waals surface area contributed by atoms with E-state index < -0.39 is 126 Å². The first kappa shape index (κ1) is 78.7. The maximum Gasteiger partial charge on any atom is 0.245 e. The number of aromatic amines is 1. The Morgan fingerprint density at radius 3 is 1.90 bits per heavy atom. The molecular formula is C69H98N16O12S2. The summed E-state index contributed by atoms with van der Waals surface area (Å²) in [6.07, 6.45) is 6.32. The predicted molar refractivity (Wildman–Crippen MR) is 382 cm³/mol. The number of amides is 11. The summed E-state index contributed by atoms with van der Waals surface area (Å²) < 4.78 is 0.971.